The van der Waals surface area contributed by atoms with Gasteiger partial charge in [0.15, 0.2) is 0 Å². The van der Waals surface area contributed by atoms with Gasteiger partial charge in [-0.3, -0.25) is 4.79 Å². The minimum atomic E-state index is -0.00690. The van der Waals surface area contributed by atoms with Crippen LogP contribution in [0.1, 0.15) is 36.3 Å². The lowest BCUT2D eigenvalue weighted by atomic mass is 9.88. The molecule has 5 heteroatoms. The van der Waals surface area contributed by atoms with Gasteiger partial charge in [-0.25, -0.2) is 0 Å². The molecule has 1 saturated heterocycles. The molecule has 0 aliphatic carbocycles. The molecule has 0 radical (unpaired) electrons. The SMILES string of the molecule is O=C(C[C@@H](c1ccc(Cl)cc1)c1c[nH]c2ccccc12)NCC[NH+]1CCCC1. The van der Waals surface area contributed by atoms with Gasteiger partial charge in [0.1, 0.15) is 0 Å². The number of para-hydroxylation sites is 1. The van der Waals surface area contributed by atoms with Crippen LogP contribution in [0, 0.1) is 0 Å². The highest BCUT2D eigenvalue weighted by Gasteiger charge is 2.22. The van der Waals surface area contributed by atoms with Gasteiger partial charge in [0.2, 0.25) is 5.91 Å². The van der Waals surface area contributed by atoms with Crippen LogP contribution in [-0.4, -0.2) is 37.1 Å². The molecule has 3 aromatic rings. The molecule has 1 aliphatic heterocycles. The molecule has 0 saturated carbocycles. The predicted molar refractivity (Wildman–Crippen MR) is 114 cm³/mol. The molecule has 0 spiro atoms. The number of carbonyl (C=O) groups excluding carboxylic acids is 1. The molecular formula is C23H27ClN3O+. The number of carbonyl (C=O) groups is 1. The summed E-state index contributed by atoms with van der Waals surface area (Å²) < 4.78 is 0. The Morgan fingerprint density at radius 3 is 2.64 bits per heavy atom. The highest BCUT2D eigenvalue weighted by Crippen LogP contribution is 2.33. The predicted octanol–water partition coefficient (Wildman–Crippen LogP) is 3.14. The standard InChI is InChI=1S/C23H26ClN3O/c24-18-9-7-17(8-10-18)20(21-16-26-22-6-2-1-5-19(21)22)15-23(28)25-11-14-27-12-3-4-13-27/h1-2,5-10,16,20,26H,3-4,11-15H2,(H,25,28)/p+1/t20-/m0/s1. The summed E-state index contributed by atoms with van der Waals surface area (Å²) in [5.41, 5.74) is 3.35. The Kier molecular flexibility index (Phi) is 5.98. The highest BCUT2D eigenvalue weighted by atomic mass is 35.5. The van der Waals surface area contributed by atoms with Crippen LogP contribution in [0.3, 0.4) is 0 Å². The smallest absolute Gasteiger partial charge is 0.221 e. The number of likely N-dealkylation sites (tertiary alicyclic amines) is 1. The monoisotopic (exact) mass is 396 g/mol. The number of fused-ring (bicyclic) bond motifs is 1. The highest BCUT2D eigenvalue weighted by molar-refractivity contribution is 6.30. The van der Waals surface area contributed by atoms with Crippen LogP contribution in [0.4, 0.5) is 0 Å². The second-order valence-electron chi connectivity index (χ2n) is 7.65. The summed E-state index contributed by atoms with van der Waals surface area (Å²) in [6, 6.07) is 16.1. The topological polar surface area (TPSA) is 49.3 Å². The third-order valence-corrected chi connectivity index (χ3v) is 6.02. The molecule has 1 aromatic heterocycles. The zero-order valence-corrected chi connectivity index (χ0v) is 16.8. The number of amides is 1. The summed E-state index contributed by atoms with van der Waals surface area (Å²) in [5.74, 6) is 0.0939. The zero-order chi connectivity index (χ0) is 19.3. The maximum absolute atomic E-state index is 12.7. The molecule has 1 aliphatic rings. The summed E-state index contributed by atoms with van der Waals surface area (Å²) in [6.45, 7) is 4.23. The maximum Gasteiger partial charge on any atom is 0.221 e. The van der Waals surface area contributed by atoms with E-state index in [0.717, 1.165) is 35.1 Å². The molecule has 1 atom stereocenters. The minimum absolute atomic E-state index is 0.00690. The second kappa shape index (κ2) is 8.80. The van der Waals surface area contributed by atoms with E-state index in [2.05, 4.69) is 22.4 Å². The lowest BCUT2D eigenvalue weighted by molar-refractivity contribution is -0.886. The van der Waals surface area contributed by atoms with Crippen molar-refractivity contribution in [3.8, 4) is 0 Å². The number of hydrogen-bond donors (Lipinski definition) is 3. The lowest BCUT2D eigenvalue weighted by Gasteiger charge is -2.18. The molecule has 4 nitrogen and oxygen atoms in total. The van der Waals surface area contributed by atoms with E-state index in [1.54, 1.807) is 4.90 Å². The largest absolute Gasteiger partial charge is 0.361 e. The fourth-order valence-electron chi connectivity index (χ4n) is 4.25. The van der Waals surface area contributed by atoms with Gasteiger partial charge in [-0.1, -0.05) is 41.9 Å². The van der Waals surface area contributed by atoms with Crippen LogP contribution in [-0.2, 0) is 4.79 Å². The Morgan fingerprint density at radius 1 is 1.11 bits per heavy atom. The number of hydrogen-bond acceptors (Lipinski definition) is 1. The molecule has 0 unspecified atom stereocenters. The minimum Gasteiger partial charge on any atom is -0.361 e. The van der Waals surface area contributed by atoms with Crippen LogP contribution < -0.4 is 10.2 Å². The van der Waals surface area contributed by atoms with E-state index in [9.17, 15) is 4.79 Å². The Morgan fingerprint density at radius 2 is 1.86 bits per heavy atom. The third-order valence-electron chi connectivity index (χ3n) is 5.77. The zero-order valence-electron chi connectivity index (χ0n) is 16.0. The quantitative estimate of drug-likeness (QED) is 0.564. The summed E-state index contributed by atoms with van der Waals surface area (Å²) in [6.07, 6.45) is 5.08. The number of halogens is 1. The van der Waals surface area contributed by atoms with Crippen molar-refractivity contribution >= 4 is 28.4 Å². The van der Waals surface area contributed by atoms with Crippen molar-refractivity contribution in [1.29, 1.82) is 0 Å². The van der Waals surface area contributed by atoms with Crippen molar-refractivity contribution in [1.82, 2.24) is 10.3 Å². The molecule has 28 heavy (non-hydrogen) atoms. The van der Waals surface area contributed by atoms with Gasteiger partial charge in [-0.2, -0.15) is 0 Å². The van der Waals surface area contributed by atoms with Gasteiger partial charge < -0.3 is 15.2 Å². The normalized spacial score (nSPS) is 15.8. The first-order valence-electron chi connectivity index (χ1n) is 10.1. The molecule has 0 bridgehead atoms. The van der Waals surface area contributed by atoms with Crippen molar-refractivity contribution in [2.45, 2.75) is 25.2 Å². The number of H-pyrrole nitrogens is 1. The van der Waals surface area contributed by atoms with E-state index < -0.39 is 0 Å². The maximum atomic E-state index is 12.7. The summed E-state index contributed by atoms with van der Waals surface area (Å²) >= 11 is 6.08. The molecule has 2 aromatic carbocycles. The first-order chi connectivity index (χ1) is 13.7. The summed E-state index contributed by atoms with van der Waals surface area (Å²) in [4.78, 5) is 17.7. The number of nitrogens with one attached hydrogen (secondary N) is 3. The van der Waals surface area contributed by atoms with Gasteiger partial charge in [-0.05, 0) is 29.3 Å². The van der Waals surface area contributed by atoms with E-state index in [1.807, 2.05) is 42.6 Å². The van der Waals surface area contributed by atoms with E-state index >= 15 is 0 Å². The second-order valence-corrected chi connectivity index (χ2v) is 8.09. The fourth-order valence-corrected chi connectivity index (χ4v) is 4.37. The molecule has 2 heterocycles. The molecule has 4 rings (SSSR count). The van der Waals surface area contributed by atoms with Gasteiger partial charge in [0, 0.05) is 47.3 Å². The number of benzene rings is 2. The first kappa shape index (κ1) is 19.0. The Hall–Kier alpha value is -2.30. The molecular weight excluding hydrogens is 370 g/mol. The number of rotatable bonds is 7. The van der Waals surface area contributed by atoms with Crippen LogP contribution in [0.25, 0.3) is 10.9 Å². The average Bonchev–Trinajstić information content (AvgIpc) is 3.37. The molecule has 3 N–H and O–H groups in total. The summed E-state index contributed by atoms with van der Waals surface area (Å²) in [5, 5.41) is 5.01. The lowest BCUT2D eigenvalue weighted by Crippen LogP contribution is -3.10. The Bertz CT molecular complexity index is 928. The third kappa shape index (κ3) is 4.40. The van der Waals surface area contributed by atoms with Crippen LogP contribution in [0.15, 0.2) is 54.7 Å². The van der Waals surface area contributed by atoms with Gasteiger partial charge >= 0.3 is 0 Å². The van der Waals surface area contributed by atoms with Crippen LogP contribution >= 0.6 is 11.6 Å². The number of quaternary nitrogens is 1. The fraction of sp³-hybridized carbons (Fsp3) is 0.348. The van der Waals surface area contributed by atoms with Gasteiger partial charge in [0.25, 0.3) is 0 Å². The van der Waals surface area contributed by atoms with E-state index in [4.69, 9.17) is 11.6 Å². The average molecular weight is 397 g/mol. The van der Waals surface area contributed by atoms with Gasteiger partial charge in [-0.15, -0.1) is 0 Å². The van der Waals surface area contributed by atoms with Crippen molar-refractivity contribution in [2.24, 2.45) is 0 Å². The van der Waals surface area contributed by atoms with E-state index in [-0.39, 0.29) is 11.8 Å². The number of aromatic amines is 1. The molecule has 1 fully saturated rings. The van der Waals surface area contributed by atoms with Crippen LogP contribution in [0.5, 0.6) is 0 Å². The first-order valence-corrected chi connectivity index (χ1v) is 10.5. The van der Waals surface area contributed by atoms with Gasteiger partial charge in [0.05, 0.1) is 26.2 Å². The van der Waals surface area contributed by atoms with Crippen molar-refractivity contribution < 1.29 is 9.69 Å². The molecule has 146 valence electrons. The van der Waals surface area contributed by atoms with E-state index in [1.165, 1.54) is 25.9 Å². The molecule has 1 amide bonds. The number of aromatic nitrogens is 1. The Balaban J connectivity index is 1.51. The van der Waals surface area contributed by atoms with Crippen molar-refractivity contribution in [2.75, 3.05) is 26.2 Å². The van der Waals surface area contributed by atoms with Crippen molar-refractivity contribution in [3.63, 3.8) is 0 Å². The summed E-state index contributed by atoms with van der Waals surface area (Å²) in [7, 11) is 0. The van der Waals surface area contributed by atoms with Crippen molar-refractivity contribution in [3.05, 3.63) is 70.9 Å². The van der Waals surface area contributed by atoms with E-state index in [0.29, 0.717) is 11.4 Å². The van der Waals surface area contributed by atoms with Crippen LogP contribution in [0.2, 0.25) is 5.02 Å². The Labute approximate surface area is 170 Å².